The van der Waals surface area contributed by atoms with Crippen molar-refractivity contribution < 1.29 is 31.9 Å². The molecule has 1 saturated heterocycles. The molecule has 166 valence electrons. The number of nitrogens with one attached hydrogen (secondary N) is 3. The number of carbonyl (C=O) groups excluding carboxylic acids is 4. The molecule has 10 nitrogen and oxygen atoms in total. The zero-order valence-corrected chi connectivity index (χ0v) is 19.3. The number of halogens is 1. The van der Waals surface area contributed by atoms with E-state index in [0.29, 0.717) is 0 Å². The standard InChI is InChI=1S/C19H27IN4O6/c1-4-29-17(27)19(23-12(3)25,18(28)30-5-2)9-16(26)14-8-13(6-7-15(14)21)10-20-11-24(20)22/h6-8,22,24H,4-5,9-11,21H2,1-3H3,(H,23,25). The van der Waals surface area contributed by atoms with Crippen LogP contribution in [0.4, 0.5) is 5.69 Å². The molecule has 0 saturated carbocycles. The van der Waals surface area contributed by atoms with Gasteiger partial charge in [-0.05, 0) is 0 Å². The van der Waals surface area contributed by atoms with E-state index in [1.807, 2.05) is 6.07 Å². The van der Waals surface area contributed by atoms with Crippen LogP contribution < -0.4 is 14.3 Å². The van der Waals surface area contributed by atoms with Gasteiger partial charge in [-0.3, -0.25) is 0 Å². The number of hydrogen-bond donors (Lipinski definition) is 3. The van der Waals surface area contributed by atoms with Gasteiger partial charge in [0.05, 0.1) is 0 Å². The van der Waals surface area contributed by atoms with Gasteiger partial charge in [-0.2, -0.15) is 0 Å². The second kappa shape index (κ2) is 10.2. The van der Waals surface area contributed by atoms with E-state index in [1.165, 1.54) is 0 Å². The molecule has 2 rings (SSSR count). The first kappa shape index (κ1) is 24.0. The van der Waals surface area contributed by atoms with Crippen LogP contribution in [0.5, 0.6) is 0 Å². The average molecular weight is 534 g/mol. The molecule has 0 aliphatic carbocycles. The average Bonchev–Trinajstić information content (AvgIpc) is 3.36. The number of ether oxygens (including phenoxy) is 2. The predicted octanol–water partition coefficient (Wildman–Crippen LogP) is 0.587. The Hall–Kier alpha value is -2.25. The predicted molar refractivity (Wildman–Crippen MR) is 117 cm³/mol. The van der Waals surface area contributed by atoms with Crippen LogP contribution in [-0.2, 0) is 28.3 Å². The van der Waals surface area contributed by atoms with Gasteiger partial charge in [0.2, 0.25) is 0 Å². The molecule has 1 heterocycles. The third-order valence-corrected chi connectivity index (χ3v) is 9.11. The maximum atomic E-state index is 13.1. The van der Waals surface area contributed by atoms with Gasteiger partial charge >= 0.3 is 182 Å². The normalized spacial score (nSPS) is 16.5. The second-order valence-corrected chi connectivity index (χ2v) is 12.1. The van der Waals surface area contributed by atoms with Crippen molar-refractivity contribution in [1.82, 2.24) is 5.32 Å². The molecule has 0 spiro atoms. The monoisotopic (exact) mass is 534 g/mol. The van der Waals surface area contributed by atoms with E-state index in [9.17, 15) is 19.2 Å². The summed E-state index contributed by atoms with van der Waals surface area (Å²) in [5.41, 5.74) is 4.92. The molecule has 1 aromatic rings. The summed E-state index contributed by atoms with van der Waals surface area (Å²) in [6, 6.07) is 5.04. The molecule has 0 bridgehead atoms. The van der Waals surface area contributed by atoms with Crippen molar-refractivity contribution >= 4 is 49.4 Å². The van der Waals surface area contributed by atoms with Crippen LogP contribution in [0.3, 0.4) is 0 Å². The van der Waals surface area contributed by atoms with E-state index in [2.05, 4.69) is 5.32 Å². The van der Waals surface area contributed by atoms with Gasteiger partial charge in [0, 0.05) is 0 Å². The molecule has 0 radical (unpaired) electrons. The number of benzene rings is 1. The molecule has 1 fully saturated rings. The first-order valence-electron chi connectivity index (χ1n) is 9.38. The Morgan fingerprint density at radius 2 is 1.77 bits per heavy atom. The maximum absolute atomic E-state index is 13.1. The first-order chi connectivity index (χ1) is 14.1. The first-order valence-corrected chi connectivity index (χ1v) is 13.5. The molecule has 1 unspecified atom stereocenters. The van der Waals surface area contributed by atoms with Gasteiger partial charge < -0.3 is 0 Å². The van der Waals surface area contributed by atoms with Gasteiger partial charge in [-0.15, -0.1) is 0 Å². The van der Waals surface area contributed by atoms with Crippen LogP contribution in [0.25, 0.3) is 5.84 Å². The molecule has 1 amide bonds. The van der Waals surface area contributed by atoms with Gasteiger partial charge in [0.25, 0.3) is 0 Å². The Labute approximate surface area is 182 Å². The van der Waals surface area contributed by atoms with E-state index in [-0.39, 0.29) is 24.5 Å². The van der Waals surface area contributed by atoms with Crippen LogP contribution in [0.1, 0.15) is 43.1 Å². The Balaban J connectivity index is 2.39. The van der Waals surface area contributed by atoms with E-state index < -0.39 is 55.7 Å². The number of ketones is 1. The minimum absolute atomic E-state index is 0.0516. The Morgan fingerprint density at radius 1 is 1.20 bits per heavy atom. The number of amides is 1. The molecule has 1 aromatic carbocycles. The zero-order chi connectivity index (χ0) is 22.5. The fourth-order valence-corrected chi connectivity index (χ4v) is 7.18. The van der Waals surface area contributed by atoms with Crippen molar-refractivity contribution in [3.05, 3.63) is 35.2 Å². The molecule has 1 aliphatic heterocycles. The summed E-state index contributed by atoms with van der Waals surface area (Å²) in [6.45, 7) is 4.12. The van der Waals surface area contributed by atoms with E-state index in [0.717, 1.165) is 24.7 Å². The Bertz CT molecular complexity index is 828. The molecule has 11 heteroatoms. The number of nitrogen functional groups attached to an aromatic ring is 1. The number of esters is 2. The summed E-state index contributed by atoms with van der Waals surface area (Å²) in [7, 11) is 0. The summed E-state index contributed by atoms with van der Waals surface area (Å²) >= 11 is -1.37. The van der Waals surface area contributed by atoms with E-state index >= 15 is 0 Å². The molecular weight excluding hydrogens is 507 g/mol. The number of alkyl halides is 2. The van der Waals surface area contributed by atoms with Gasteiger partial charge in [-0.1, -0.05) is 0 Å². The van der Waals surface area contributed by atoms with E-state index in [4.69, 9.17) is 21.1 Å². The van der Waals surface area contributed by atoms with Gasteiger partial charge in [0.1, 0.15) is 0 Å². The Morgan fingerprint density at radius 3 is 2.23 bits per heavy atom. The summed E-state index contributed by atoms with van der Waals surface area (Å²) < 4.78 is 12.4. The van der Waals surface area contributed by atoms with Crippen LogP contribution in [0.2, 0.25) is 0 Å². The number of anilines is 1. The molecule has 1 atom stereocenters. The van der Waals surface area contributed by atoms with Crippen molar-refractivity contribution in [3.63, 3.8) is 0 Å². The number of rotatable bonds is 10. The minimum atomic E-state index is -2.30. The summed E-state index contributed by atoms with van der Waals surface area (Å²) in [5.74, 6) is 4.27. The van der Waals surface area contributed by atoms with Crippen molar-refractivity contribution in [1.29, 1.82) is 0 Å². The van der Waals surface area contributed by atoms with Crippen LogP contribution in [-0.4, -0.2) is 46.9 Å². The van der Waals surface area contributed by atoms with Crippen molar-refractivity contribution in [2.45, 2.75) is 37.2 Å². The molecule has 5 N–H and O–H groups in total. The van der Waals surface area contributed by atoms with Crippen LogP contribution >= 0.6 is 20.1 Å². The molecule has 1 aliphatic rings. The zero-order valence-electron chi connectivity index (χ0n) is 17.2. The molecule has 30 heavy (non-hydrogen) atoms. The topological polar surface area (TPSA) is 153 Å². The summed E-state index contributed by atoms with van der Waals surface area (Å²) in [5, 5.41) is 2.28. The van der Waals surface area contributed by atoms with Crippen molar-refractivity contribution in [2.75, 3.05) is 23.5 Å². The van der Waals surface area contributed by atoms with Gasteiger partial charge in [-0.25, -0.2) is 0 Å². The number of hydrogen-bond acceptors (Lipinski definition) is 7. The molecule has 0 aromatic heterocycles. The van der Waals surface area contributed by atoms with Crippen molar-refractivity contribution in [3.8, 4) is 0 Å². The number of carbonyl (C=O) groups is 4. The number of nitrogens with two attached hydrogens (primary N) is 1. The third-order valence-electron chi connectivity index (χ3n) is 4.32. The van der Waals surface area contributed by atoms with Gasteiger partial charge in [0.15, 0.2) is 0 Å². The summed E-state index contributed by atoms with van der Waals surface area (Å²) in [6.07, 6.45) is -0.684. The summed E-state index contributed by atoms with van der Waals surface area (Å²) in [4.78, 5) is 50.3. The van der Waals surface area contributed by atoms with Crippen LogP contribution in [0.15, 0.2) is 18.2 Å². The fraction of sp³-hybridized carbons (Fsp3) is 0.474. The SMILES string of the molecule is CCOC(=O)C(CC(=O)c1cc(CI2C[NH+]2[NH-])ccc1N)(NC(C)=O)C(=O)OCC. The second-order valence-electron chi connectivity index (χ2n) is 6.68. The number of quaternary nitrogens is 1. The third kappa shape index (κ3) is 5.67. The van der Waals surface area contributed by atoms with Crippen LogP contribution in [0, 0.1) is 0 Å². The number of Topliss-reactive ketones (excluding diaryl/α,β-unsaturated/α-hetero) is 1. The van der Waals surface area contributed by atoms with E-state index in [1.54, 1.807) is 26.0 Å². The van der Waals surface area contributed by atoms with Crippen molar-refractivity contribution in [2.24, 2.45) is 0 Å². The quantitative estimate of drug-likeness (QED) is 0.0457. The fourth-order valence-electron chi connectivity index (χ4n) is 2.88. The Kier molecular flexibility index (Phi) is 8.15. The molecular formula is C19H27IN4O6.